The van der Waals surface area contributed by atoms with Crippen molar-refractivity contribution in [1.82, 2.24) is 16.0 Å². The summed E-state index contributed by atoms with van der Waals surface area (Å²) in [6, 6.07) is 4.08. The molecule has 0 aliphatic rings. The molecule has 0 spiro atoms. The average molecular weight is 642 g/mol. The lowest BCUT2D eigenvalue weighted by molar-refractivity contribution is -0.132. The summed E-state index contributed by atoms with van der Waals surface area (Å²) in [4.78, 5) is 49.9. The van der Waals surface area contributed by atoms with Crippen LogP contribution < -0.4 is 27.0 Å². The second-order valence-corrected chi connectivity index (χ2v) is 10.3. The number of hydrogen-bond donors (Lipinski definition) is 6. The number of methoxy groups -OCH3 is 1. The first kappa shape index (κ1) is 39.7. The number of urea groups is 1. The van der Waals surface area contributed by atoms with Crippen molar-refractivity contribution in [2.75, 3.05) is 78.4 Å². The number of carbonyl (C=O) groups is 4. The second-order valence-electron chi connectivity index (χ2n) is 10.3. The third-order valence-corrected chi connectivity index (χ3v) is 6.29. The highest BCUT2D eigenvalue weighted by Crippen LogP contribution is 2.12. The summed E-state index contributed by atoms with van der Waals surface area (Å²) in [5.41, 5.74) is 6.28. The number of carbonyl (C=O) groups excluding carboxylic acids is 4. The van der Waals surface area contributed by atoms with Gasteiger partial charge in [0.25, 0.3) is 0 Å². The lowest BCUT2D eigenvalue weighted by Crippen LogP contribution is -2.54. The number of ether oxygens (including phenoxy) is 5. The van der Waals surface area contributed by atoms with Gasteiger partial charge in [-0.25, -0.2) is 4.79 Å². The van der Waals surface area contributed by atoms with E-state index in [1.807, 2.05) is 0 Å². The standard InChI is InChI=1S/C30H51N5O10/c1-22(2)27(35-26(37)10-12-42-15-16-44-19-20-45-18-17-43-14-13-41-3)29(39)34-25(5-4-11-32-30(31)40)28(38)33-24-8-6-23(21-36)7-9-24/h6-9,22,25,27,36H,4-5,10-21H2,1-3H3,(H,33,38)(H,34,39)(H,35,37)(H3,31,32,40)/t25-,27-/m0/s1. The van der Waals surface area contributed by atoms with E-state index in [0.717, 1.165) is 0 Å². The Hall–Kier alpha value is -3.34. The molecule has 1 aromatic rings. The topological polar surface area (TPSA) is 209 Å². The van der Waals surface area contributed by atoms with Gasteiger partial charge in [0, 0.05) is 25.8 Å². The molecule has 0 unspecified atom stereocenters. The van der Waals surface area contributed by atoms with Gasteiger partial charge in [-0.3, -0.25) is 14.4 Å². The zero-order chi connectivity index (χ0) is 33.3. The molecule has 7 N–H and O–H groups in total. The fraction of sp³-hybridized carbons (Fsp3) is 0.667. The Morgan fingerprint density at radius 1 is 0.800 bits per heavy atom. The van der Waals surface area contributed by atoms with Crippen molar-refractivity contribution in [2.24, 2.45) is 11.7 Å². The maximum atomic E-state index is 13.2. The smallest absolute Gasteiger partial charge is 0.312 e. The maximum absolute atomic E-state index is 13.2. The van der Waals surface area contributed by atoms with Crippen LogP contribution in [-0.2, 0) is 44.7 Å². The van der Waals surface area contributed by atoms with Gasteiger partial charge in [-0.2, -0.15) is 0 Å². The predicted molar refractivity (Wildman–Crippen MR) is 166 cm³/mol. The molecule has 1 aromatic carbocycles. The molecule has 0 aromatic heterocycles. The number of rotatable bonds is 26. The molecular formula is C30H51N5O10. The molecule has 1 rings (SSSR count). The molecule has 0 fully saturated rings. The lowest BCUT2D eigenvalue weighted by Gasteiger charge is -2.25. The van der Waals surface area contributed by atoms with Crippen LogP contribution in [0.2, 0.25) is 0 Å². The molecule has 0 radical (unpaired) electrons. The Kier molecular flexibility index (Phi) is 22.0. The summed E-state index contributed by atoms with van der Waals surface area (Å²) in [5, 5.41) is 19.9. The summed E-state index contributed by atoms with van der Waals surface area (Å²) in [6.07, 6.45) is 0.605. The molecule has 5 amide bonds. The molecule has 0 aliphatic carbocycles. The van der Waals surface area contributed by atoms with E-state index in [-0.39, 0.29) is 44.4 Å². The first-order valence-electron chi connectivity index (χ1n) is 15.1. The van der Waals surface area contributed by atoms with E-state index in [1.165, 1.54) is 0 Å². The second kappa shape index (κ2) is 24.9. The quantitative estimate of drug-likeness (QED) is 0.0762. The van der Waals surface area contributed by atoms with E-state index in [0.29, 0.717) is 70.5 Å². The molecule has 0 bridgehead atoms. The third-order valence-electron chi connectivity index (χ3n) is 6.29. The first-order valence-corrected chi connectivity index (χ1v) is 15.1. The van der Waals surface area contributed by atoms with E-state index in [1.54, 1.807) is 45.2 Å². The molecule has 15 nitrogen and oxygen atoms in total. The van der Waals surface area contributed by atoms with E-state index in [2.05, 4.69) is 21.3 Å². The Morgan fingerprint density at radius 2 is 1.36 bits per heavy atom. The van der Waals surface area contributed by atoms with Gasteiger partial charge in [-0.1, -0.05) is 26.0 Å². The van der Waals surface area contributed by atoms with E-state index in [9.17, 15) is 24.3 Å². The minimum Gasteiger partial charge on any atom is -0.392 e. The molecular weight excluding hydrogens is 590 g/mol. The van der Waals surface area contributed by atoms with E-state index < -0.39 is 29.9 Å². The van der Waals surface area contributed by atoms with Crippen molar-refractivity contribution in [3.8, 4) is 0 Å². The Bertz CT molecular complexity index is 980. The fourth-order valence-corrected chi connectivity index (χ4v) is 3.82. The summed E-state index contributed by atoms with van der Waals surface area (Å²) in [6.45, 7) is 7.30. The highest BCUT2D eigenvalue weighted by Gasteiger charge is 2.28. The van der Waals surface area contributed by atoms with Crippen LogP contribution in [0.25, 0.3) is 0 Å². The summed E-state index contributed by atoms with van der Waals surface area (Å²) >= 11 is 0. The SMILES string of the molecule is COCCOCCOCCOCCOCCC(=O)N[C@H](C(=O)N[C@@H](CCCNC(N)=O)C(=O)Nc1ccc(CO)cc1)C(C)C. The number of primary amides is 1. The van der Waals surface area contributed by atoms with Gasteiger partial charge in [0.05, 0.1) is 66.1 Å². The first-order chi connectivity index (χ1) is 21.7. The molecule has 15 heteroatoms. The van der Waals surface area contributed by atoms with Gasteiger partial charge in [-0.05, 0) is 36.5 Å². The van der Waals surface area contributed by atoms with Crippen molar-refractivity contribution in [3.05, 3.63) is 29.8 Å². The number of nitrogens with two attached hydrogens (primary N) is 1. The normalized spacial score (nSPS) is 12.4. The molecule has 45 heavy (non-hydrogen) atoms. The average Bonchev–Trinajstić information content (AvgIpc) is 3.01. The zero-order valence-corrected chi connectivity index (χ0v) is 26.6. The monoisotopic (exact) mass is 641 g/mol. The van der Waals surface area contributed by atoms with Gasteiger partial charge in [0.15, 0.2) is 0 Å². The molecule has 256 valence electrons. The van der Waals surface area contributed by atoms with Crippen molar-refractivity contribution in [1.29, 1.82) is 0 Å². The van der Waals surface area contributed by atoms with Gasteiger partial charge >= 0.3 is 6.03 Å². The van der Waals surface area contributed by atoms with Gasteiger partial charge in [-0.15, -0.1) is 0 Å². The van der Waals surface area contributed by atoms with Crippen molar-refractivity contribution in [2.45, 2.75) is 51.8 Å². The molecule has 0 saturated carbocycles. The zero-order valence-electron chi connectivity index (χ0n) is 26.6. The van der Waals surface area contributed by atoms with Crippen LogP contribution >= 0.6 is 0 Å². The van der Waals surface area contributed by atoms with Crippen molar-refractivity contribution in [3.63, 3.8) is 0 Å². The number of anilines is 1. The van der Waals surface area contributed by atoms with Crippen LogP contribution in [0.4, 0.5) is 10.5 Å². The predicted octanol–water partition coefficient (Wildman–Crippen LogP) is 0.294. The van der Waals surface area contributed by atoms with Crippen LogP contribution in [0.1, 0.15) is 38.7 Å². The van der Waals surface area contributed by atoms with E-state index >= 15 is 0 Å². The van der Waals surface area contributed by atoms with Gasteiger partial charge in [0.2, 0.25) is 17.7 Å². The number of benzene rings is 1. The highest BCUT2D eigenvalue weighted by molar-refractivity contribution is 5.98. The summed E-state index contributed by atoms with van der Waals surface area (Å²) in [5.74, 6) is -1.63. The number of nitrogens with one attached hydrogen (secondary N) is 4. The van der Waals surface area contributed by atoms with Crippen molar-refractivity contribution >= 4 is 29.4 Å². The fourth-order valence-electron chi connectivity index (χ4n) is 3.82. The van der Waals surface area contributed by atoms with Crippen LogP contribution in [0.3, 0.4) is 0 Å². The maximum Gasteiger partial charge on any atom is 0.312 e. The van der Waals surface area contributed by atoms with Gasteiger partial charge < -0.3 is 55.8 Å². The number of aliphatic hydroxyl groups excluding tert-OH is 1. The van der Waals surface area contributed by atoms with Crippen LogP contribution in [-0.4, -0.2) is 114 Å². The molecule has 0 heterocycles. The van der Waals surface area contributed by atoms with E-state index in [4.69, 9.17) is 29.4 Å². The highest BCUT2D eigenvalue weighted by atomic mass is 16.6. The molecule has 0 aliphatic heterocycles. The van der Waals surface area contributed by atoms with Crippen LogP contribution in [0, 0.1) is 5.92 Å². The molecule has 0 saturated heterocycles. The minimum absolute atomic E-state index is 0.0369. The lowest BCUT2D eigenvalue weighted by atomic mass is 10.0. The largest absolute Gasteiger partial charge is 0.392 e. The minimum atomic E-state index is -0.953. The summed E-state index contributed by atoms with van der Waals surface area (Å²) < 4.78 is 26.5. The van der Waals surface area contributed by atoms with Crippen LogP contribution in [0.15, 0.2) is 24.3 Å². The number of aliphatic hydroxyl groups is 1. The number of amides is 5. The Morgan fingerprint density at radius 3 is 1.87 bits per heavy atom. The van der Waals surface area contributed by atoms with Crippen molar-refractivity contribution < 1.29 is 48.0 Å². The number of hydrogen-bond acceptors (Lipinski definition) is 10. The Labute approximate surface area is 265 Å². The Balaban J connectivity index is 2.47. The summed E-state index contributed by atoms with van der Waals surface area (Å²) in [7, 11) is 1.61. The molecule has 2 atom stereocenters. The third kappa shape index (κ3) is 19.6. The van der Waals surface area contributed by atoms with Crippen LogP contribution in [0.5, 0.6) is 0 Å². The van der Waals surface area contributed by atoms with Gasteiger partial charge in [0.1, 0.15) is 12.1 Å².